The Hall–Kier alpha value is -3.89. The third kappa shape index (κ3) is 6.83. The van der Waals surface area contributed by atoms with E-state index in [1.54, 1.807) is 36.4 Å². The van der Waals surface area contributed by atoms with Crippen LogP contribution in [0.1, 0.15) is 21.5 Å². The number of anilines is 1. The summed E-state index contributed by atoms with van der Waals surface area (Å²) in [5.74, 6) is -0.710. The number of hydrogen-bond acceptors (Lipinski definition) is 9. The monoisotopic (exact) mass is 525 g/mol. The van der Waals surface area contributed by atoms with Gasteiger partial charge in [0.1, 0.15) is 11.9 Å². The molecule has 0 saturated carbocycles. The molecule has 4 aromatic rings. The number of phosphoric acid groups is 1. The maximum Gasteiger partial charge on any atom is 0.530 e. The Morgan fingerprint density at radius 2 is 1.47 bits per heavy atom. The van der Waals surface area contributed by atoms with Gasteiger partial charge in [0.2, 0.25) is 0 Å². The molecule has 1 amide bonds. The van der Waals surface area contributed by atoms with E-state index in [-0.39, 0.29) is 34.7 Å². The number of nitro groups is 1. The van der Waals surface area contributed by atoms with E-state index in [1.807, 2.05) is 36.4 Å². The van der Waals surface area contributed by atoms with Crippen molar-refractivity contribution in [3.05, 3.63) is 118 Å². The highest BCUT2D eigenvalue weighted by Gasteiger charge is 2.31. The Kier molecular flexibility index (Phi) is 8.19. The van der Waals surface area contributed by atoms with Crippen LogP contribution in [0.3, 0.4) is 0 Å². The maximum absolute atomic E-state index is 13.7. The quantitative estimate of drug-likeness (QED) is 0.139. The van der Waals surface area contributed by atoms with Gasteiger partial charge in [0.05, 0.1) is 23.7 Å². The number of aromatic nitrogens is 1. The highest BCUT2D eigenvalue weighted by atomic mass is 32.1. The molecule has 36 heavy (non-hydrogen) atoms. The van der Waals surface area contributed by atoms with Crippen molar-refractivity contribution in [2.24, 2.45) is 0 Å². The van der Waals surface area contributed by atoms with Gasteiger partial charge in [-0.3, -0.25) is 29.3 Å². The smallest absolute Gasteiger partial charge is 0.403 e. The molecule has 3 aromatic carbocycles. The Balaban J connectivity index is 1.54. The average Bonchev–Trinajstić information content (AvgIpc) is 3.37. The summed E-state index contributed by atoms with van der Waals surface area (Å²) < 4.78 is 30.6. The topological polar surface area (TPSA) is 130 Å². The number of para-hydroxylation sites is 1. The van der Waals surface area contributed by atoms with Crippen molar-refractivity contribution in [3.63, 3.8) is 0 Å². The van der Waals surface area contributed by atoms with Crippen LogP contribution >= 0.6 is 19.2 Å². The lowest BCUT2D eigenvalue weighted by Gasteiger charge is -2.20. The van der Waals surface area contributed by atoms with Gasteiger partial charge in [0, 0.05) is 0 Å². The molecule has 0 aliphatic carbocycles. The first-order chi connectivity index (χ1) is 17.4. The number of carbonyl (C=O) groups is 1. The standard InChI is InChI=1S/C24H20N3O7PS/c28-23(26-24-25-15-22(36-24)27(29)30)20-13-7-8-14-21(20)34-35(31,32-16-18-9-3-1-4-10-18)33-17-19-11-5-2-6-12-19/h1-15H,16-17H2,(H,25,26,28). The summed E-state index contributed by atoms with van der Waals surface area (Å²) in [4.78, 5) is 27.0. The number of benzene rings is 3. The number of carbonyl (C=O) groups excluding carboxylic acids is 1. The van der Waals surface area contributed by atoms with E-state index in [2.05, 4.69) is 10.3 Å². The molecular weight excluding hydrogens is 505 g/mol. The van der Waals surface area contributed by atoms with Crippen LogP contribution < -0.4 is 9.84 Å². The number of hydrogen-bond donors (Lipinski definition) is 1. The summed E-state index contributed by atoms with van der Waals surface area (Å²) in [6.07, 6.45) is 1.05. The van der Waals surface area contributed by atoms with Gasteiger partial charge >= 0.3 is 12.8 Å². The summed E-state index contributed by atoms with van der Waals surface area (Å²) in [7, 11) is -4.21. The molecule has 4 rings (SSSR count). The summed E-state index contributed by atoms with van der Waals surface area (Å²) in [6.45, 7) is -0.103. The van der Waals surface area contributed by atoms with Crippen LogP contribution in [0, 0.1) is 10.1 Å². The van der Waals surface area contributed by atoms with Gasteiger partial charge in [-0.05, 0) is 34.6 Å². The van der Waals surface area contributed by atoms with Crippen LogP contribution in [0.15, 0.2) is 91.1 Å². The number of nitrogens with one attached hydrogen (secondary N) is 1. The van der Waals surface area contributed by atoms with Crippen molar-refractivity contribution in [2.75, 3.05) is 5.32 Å². The first kappa shape index (κ1) is 25.2. The van der Waals surface area contributed by atoms with Gasteiger partial charge in [-0.2, -0.15) is 0 Å². The van der Waals surface area contributed by atoms with Gasteiger partial charge in [0.15, 0.2) is 5.13 Å². The van der Waals surface area contributed by atoms with E-state index in [0.29, 0.717) is 11.3 Å². The Morgan fingerprint density at radius 1 is 0.917 bits per heavy atom. The first-order valence-corrected chi connectivity index (χ1v) is 12.9. The molecule has 0 bridgehead atoms. The van der Waals surface area contributed by atoms with E-state index in [1.165, 1.54) is 12.1 Å². The minimum Gasteiger partial charge on any atom is -0.403 e. The fraction of sp³-hybridized carbons (Fsp3) is 0.0833. The molecule has 184 valence electrons. The van der Waals surface area contributed by atoms with E-state index >= 15 is 0 Å². The molecule has 0 aliphatic rings. The highest BCUT2D eigenvalue weighted by Crippen LogP contribution is 2.51. The zero-order chi connectivity index (χ0) is 25.4. The van der Waals surface area contributed by atoms with Gasteiger partial charge in [0.25, 0.3) is 5.91 Å². The second kappa shape index (κ2) is 11.7. The van der Waals surface area contributed by atoms with Crippen LogP contribution in [0.2, 0.25) is 0 Å². The fourth-order valence-electron chi connectivity index (χ4n) is 2.97. The van der Waals surface area contributed by atoms with Crippen LogP contribution in [-0.2, 0) is 26.8 Å². The molecular formula is C24H20N3O7PS. The van der Waals surface area contributed by atoms with Gasteiger partial charge < -0.3 is 4.52 Å². The Morgan fingerprint density at radius 3 is 2.03 bits per heavy atom. The van der Waals surface area contributed by atoms with Crippen molar-refractivity contribution >= 4 is 35.2 Å². The zero-order valence-corrected chi connectivity index (χ0v) is 20.4. The van der Waals surface area contributed by atoms with Crippen LogP contribution in [-0.4, -0.2) is 15.8 Å². The lowest BCUT2D eigenvalue weighted by Crippen LogP contribution is -2.14. The SMILES string of the molecule is O=C(Nc1ncc([N+](=O)[O-])s1)c1ccccc1OP(=O)(OCc1ccccc1)OCc1ccccc1. The number of amides is 1. The first-order valence-electron chi connectivity index (χ1n) is 10.6. The van der Waals surface area contributed by atoms with Crippen molar-refractivity contribution in [2.45, 2.75) is 13.2 Å². The van der Waals surface area contributed by atoms with Crippen molar-refractivity contribution < 1.29 is 27.9 Å². The van der Waals surface area contributed by atoms with E-state index in [9.17, 15) is 19.5 Å². The lowest BCUT2D eigenvalue weighted by molar-refractivity contribution is -0.380. The number of nitrogens with zero attached hydrogens (tertiary/aromatic N) is 2. The highest BCUT2D eigenvalue weighted by molar-refractivity contribution is 7.48. The predicted octanol–water partition coefficient (Wildman–Crippen LogP) is 6.22. The summed E-state index contributed by atoms with van der Waals surface area (Å²) in [5.41, 5.74) is 1.52. The summed E-state index contributed by atoms with van der Waals surface area (Å²) in [6, 6.07) is 24.2. The Bertz CT molecular complexity index is 1340. The van der Waals surface area contributed by atoms with Crippen LogP contribution in [0.4, 0.5) is 10.1 Å². The summed E-state index contributed by atoms with van der Waals surface area (Å²) >= 11 is 0.707. The molecule has 10 nitrogen and oxygen atoms in total. The molecule has 12 heteroatoms. The molecule has 0 radical (unpaired) electrons. The third-order valence-corrected chi connectivity index (χ3v) is 6.88. The van der Waals surface area contributed by atoms with Gasteiger partial charge in [-0.1, -0.05) is 72.8 Å². The van der Waals surface area contributed by atoms with Crippen molar-refractivity contribution in [1.29, 1.82) is 0 Å². The fourth-order valence-corrected chi connectivity index (χ4v) is 4.79. The number of phosphoric ester groups is 1. The molecule has 0 fully saturated rings. The predicted molar refractivity (Wildman–Crippen MR) is 134 cm³/mol. The molecule has 0 spiro atoms. The summed E-state index contributed by atoms with van der Waals surface area (Å²) in [5, 5.41) is 13.2. The number of thiazole rings is 1. The molecule has 0 aliphatic heterocycles. The average molecular weight is 525 g/mol. The normalized spacial score (nSPS) is 11.1. The molecule has 1 N–H and O–H groups in total. The third-order valence-electron chi connectivity index (χ3n) is 4.70. The molecule has 0 atom stereocenters. The Labute approximate surface area is 210 Å². The van der Waals surface area contributed by atoms with E-state index < -0.39 is 18.7 Å². The largest absolute Gasteiger partial charge is 0.530 e. The molecule has 1 heterocycles. The maximum atomic E-state index is 13.7. The molecule has 0 unspecified atom stereocenters. The molecule has 1 aromatic heterocycles. The lowest BCUT2D eigenvalue weighted by atomic mass is 10.2. The van der Waals surface area contributed by atoms with Gasteiger partial charge in [-0.15, -0.1) is 0 Å². The minimum absolute atomic E-state index is 0.0159. The van der Waals surface area contributed by atoms with Crippen LogP contribution in [0.5, 0.6) is 5.75 Å². The zero-order valence-electron chi connectivity index (χ0n) is 18.7. The molecule has 0 saturated heterocycles. The second-order valence-corrected chi connectivity index (χ2v) is 9.87. The second-order valence-electron chi connectivity index (χ2n) is 7.27. The minimum atomic E-state index is -4.21. The van der Waals surface area contributed by atoms with E-state index in [4.69, 9.17) is 13.6 Å². The van der Waals surface area contributed by atoms with E-state index in [0.717, 1.165) is 17.3 Å². The van der Waals surface area contributed by atoms with Crippen LogP contribution in [0.25, 0.3) is 0 Å². The number of rotatable bonds is 11. The van der Waals surface area contributed by atoms with Crippen molar-refractivity contribution in [3.8, 4) is 5.75 Å². The van der Waals surface area contributed by atoms with Crippen molar-refractivity contribution in [1.82, 2.24) is 4.98 Å². The van der Waals surface area contributed by atoms with Gasteiger partial charge in [-0.25, -0.2) is 9.55 Å².